The van der Waals surface area contributed by atoms with Crippen molar-refractivity contribution in [2.24, 2.45) is 0 Å². The maximum atomic E-state index is 8.67. The fourth-order valence-electron chi connectivity index (χ4n) is 1.08. The molecule has 72 valence electrons. The highest BCUT2D eigenvalue weighted by atomic mass is 32.1. The third kappa shape index (κ3) is 2.82. The zero-order chi connectivity index (χ0) is 10.4. The third-order valence-electron chi connectivity index (χ3n) is 1.80. The SMILES string of the molecule is N#Cc1ccc(C=CCCS)cc1N. The number of rotatable bonds is 3. The van der Waals surface area contributed by atoms with Crippen molar-refractivity contribution >= 4 is 24.4 Å². The van der Waals surface area contributed by atoms with E-state index in [-0.39, 0.29) is 0 Å². The minimum atomic E-state index is 0.524. The molecular formula is C11H12N2S. The average molecular weight is 204 g/mol. The zero-order valence-corrected chi connectivity index (χ0v) is 8.67. The largest absolute Gasteiger partial charge is 0.398 e. The van der Waals surface area contributed by atoms with E-state index in [0.29, 0.717) is 11.3 Å². The number of nitrogens with two attached hydrogens (primary N) is 1. The number of thiol groups is 1. The van der Waals surface area contributed by atoms with E-state index in [2.05, 4.69) is 12.6 Å². The topological polar surface area (TPSA) is 49.8 Å². The average Bonchev–Trinajstić information content (AvgIpc) is 2.18. The van der Waals surface area contributed by atoms with Gasteiger partial charge in [-0.25, -0.2) is 0 Å². The van der Waals surface area contributed by atoms with Crippen LogP contribution in [0, 0.1) is 11.3 Å². The lowest BCUT2D eigenvalue weighted by Crippen LogP contribution is -1.90. The van der Waals surface area contributed by atoms with Gasteiger partial charge in [0.1, 0.15) is 6.07 Å². The van der Waals surface area contributed by atoms with E-state index in [1.165, 1.54) is 0 Å². The summed E-state index contributed by atoms with van der Waals surface area (Å²) < 4.78 is 0. The lowest BCUT2D eigenvalue weighted by Gasteiger charge is -1.98. The first-order valence-electron chi connectivity index (χ1n) is 4.35. The van der Waals surface area contributed by atoms with Gasteiger partial charge in [0.15, 0.2) is 0 Å². The normalized spacial score (nSPS) is 10.3. The van der Waals surface area contributed by atoms with Crippen LogP contribution in [0.2, 0.25) is 0 Å². The van der Waals surface area contributed by atoms with Gasteiger partial charge < -0.3 is 5.73 Å². The first-order chi connectivity index (χ1) is 6.77. The second kappa shape index (κ2) is 5.36. The molecule has 0 heterocycles. The molecule has 0 atom stereocenters. The summed E-state index contributed by atoms with van der Waals surface area (Å²) in [5.74, 6) is 0.836. The molecule has 0 bridgehead atoms. The summed E-state index contributed by atoms with van der Waals surface area (Å²) >= 11 is 4.10. The molecular weight excluding hydrogens is 192 g/mol. The Hall–Kier alpha value is -1.40. The van der Waals surface area contributed by atoms with Crippen molar-refractivity contribution in [2.45, 2.75) is 6.42 Å². The lowest BCUT2D eigenvalue weighted by atomic mass is 10.1. The van der Waals surface area contributed by atoms with Gasteiger partial charge >= 0.3 is 0 Å². The number of allylic oxidation sites excluding steroid dienone is 1. The van der Waals surface area contributed by atoms with Crippen molar-refractivity contribution in [3.05, 3.63) is 35.4 Å². The quantitative estimate of drug-likeness (QED) is 0.587. The summed E-state index contributed by atoms with van der Waals surface area (Å²) in [6, 6.07) is 7.44. The van der Waals surface area contributed by atoms with Crippen molar-refractivity contribution in [1.29, 1.82) is 5.26 Å². The molecule has 1 aromatic rings. The van der Waals surface area contributed by atoms with Crippen LogP contribution in [0.5, 0.6) is 0 Å². The van der Waals surface area contributed by atoms with Crippen LogP contribution in [0.1, 0.15) is 17.5 Å². The Balaban J connectivity index is 2.82. The number of nitrogens with zero attached hydrogens (tertiary/aromatic N) is 1. The maximum absolute atomic E-state index is 8.67. The smallest absolute Gasteiger partial charge is 0.101 e. The minimum Gasteiger partial charge on any atom is -0.398 e. The van der Waals surface area contributed by atoms with Gasteiger partial charge in [0.25, 0.3) is 0 Å². The van der Waals surface area contributed by atoms with Crippen LogP contribution >= 0.6 is 12.6 Å². The van der Waals surface area contributed by atoms with Crippen molar-refractivity contribution < 1.29 is 0 Å². The maximum Gasteiger partial charge on any atom is 0.101 e. The van der Waals surface area contributed by atoms with Crippen molar-refractivity contribution in [1.82, 2.24) is 0 Å². The molecule has 0 radical (unpaired) electrons. The van der Waals surface area contributed by atoms with Crippen molar-refractivity contribution in [3.8, 4) is 6.07 Å². The monoisotopic (exact) mass is 204 g/mol. The van der Waals surface area contributed by atoms with Gasteiger partial charge in [-0.3, -0.25) is 0 Å². The van der Waals surface area contributed by atoms with Gasteiger partial charge in [0, 0.05) is 0 Å². The predicted molar refractivity (Wildman–Crippen MR) is 63.1 cm³/mol. The molecule has 0 aliphatic heterocycles. The molecule has 1 rings (SSSR count). The Morgan fingerprint density at radius 1 is 1.50 bits per heavy atom. The Morgan fingerprint density at radius 3 is 2.86 bits per heavy atom. The summed E-state index contributed by atoms with van der Waals surface area (Å²) in [6.07, 6.45) is 4.95. The van der Waals surface area contributed by atoms with Gasteiger partial charge in [-0.1, -0.05) is 18.2 Å². The van der Waals surface area contributed by atoms with Crippen LogP contribution < -0.4 is 5.73 Å². The predicted octanol–water partition coefficient (Wildman–Crippen LogP) is 2.47. The van der Waals surface area contributed by atoms with Crippen LogP contribution in [0.25, 0.3) is 6.08 Å². The summed E-state index contributed by atoms with van der Waals surface area (Å²) in [5.41, 5.74) is 7.73. The Bertz CT molecular complexity index is 377. The molecule has 0 saturated carbocycles. The third-order valence-corrected chi connectivity index (χ3v) is 2.06. The van der Waals surface area contributed by atoms with Gasteiger partial charge in [0.2, 0.25) is 0 Å². The minimum absolute atomic E-state index is 0.524. The standard InChI is InChI=1S/C11H12N2S/c12-8-10-5-4-9(7-11(10)13)3-1-2-6-14/h1,3-5,7,14H,2,6,13H2. The lowest BCUT2D eigenvalue weighted by molar-refractivity contribution is 1.26. The molecule has 2 nitrogen and oxygen atoms in total. The van der Waals surface area contributed by atoms with E-state index in [1.807, 2.05) is 24.3 Å². The van der Waals surface area contributed by atoms with E-state index < -0.39 is 0 Å². The van der Waals surface area contributed by atoms with Crippen LogP contribution in [-0.2, 0) is 0 Å². The second-order valence-electron chi connectivity index (χ2n) is 2.87. The van der Waals surface area contributed by atoms with E-state index in [0.717, 1.165) is 17.7 Å². The highest BCUT2D eigenvalue weighted by molar-refractivity contribution is 7.80. The summed E-state index contributed by atoms with van der Waals surface area (Å²) in [5, 5.41) is 8.67. The fraction of sp³-hybridized carbons (Fsp3) is 0.182. The number of hydrogen-bond acceptors (Lipinski definition) is 3. The molecule has 0 amide bonds. The van der Waals surface area contributed by atoms with Crippen LogP contribution in [-0.4, -0.2) is 5.75 Å². The number of anilines is 1. The van der Waals surface area contributed by atoms with E-state index in [1.54, 1.807) is 12.1 Å². The van der Waals surface area contributed by atoms with Gasteiger partial charge in [-0.05, 0) is 29.9 Å². The Kier molecular flexibility index (Phi) is 4.09. The highest BCUT2D eigenvalue weighted by Crippen LogP contribution is 2.14. The van der Waals surface area contributed by atoms with E-state index in [4.69, 9.17) is 11.0 Å². The van der Waals surface area contributed by atoms with E-state index >= 15 is 0 Å². The van der Waals surface area contributed by atoms with Gasteiger partial charge in [0.05, 0.1) is 11.3 Å². The first kappa shape index (κ1) is 10.7. The molecule has 0 spiro atoms. The molecule has 3 heteroatoms. The summed E-state index contributed by atoms with van der Waals surface area (Å²) in [4.78, 5) is 0. The number of hydrogen-bond donors (Lipinski definition) is 2. The van der Waals surface area contributed by atoms with E-state index in [9.17, 15) is 0 Å². The molecule has 0 fully saturated rings. The zero-order valence-electron chi connectivity index (χ0n) is 7.77. The number of nitriles is 1. The fourth-order valence-corrected chi connectivity index (χ4v) is 1.23. The van der Waals surface area contributed by atoms with Crippen LogP contribution in [0.3, 0.4) is 0 Å². The van der Waals surface area contributed by atoms with Crippen LogP contribution in [0.15, 0.2) is 24.3 Å². The first-order valence-corrected chi connectivity index (χ1v) is 4.98. The van der Waals surface area contributed by atoms with Crippen LogP contribution in [0.4, 0.5) is 5.69 Å². The number of nitrogen functional groups attached to an aromatic ring is 1. The molecule has 2 N–H and O–H groups in total. The highest BCUT2D eigenvalue weighted by Gasteiger charge is 1.96. The Labute approximate surface area is 89.5 Å². The summed E-state index contributed by atoms with van der Waals surface area (Å²) in [6.45, 7) is 0. The molecule has 0 aromatic heterocycles. The summed E-state index contributed by atoms with van der Waals surface area (Å²) in [7, 11) is 0. The second-order valence-corrected chi connectivity index (χ2v) is 3.32. The molecule has 14 heavy (non-hydrogen) atoms. The van der Waals surface area contributed by atoms with Gasteiger partial charge in [-0.15, -0.1) is 0 Å². The van der Waals surface area contributed by atoms with Crippen molar-refractivity contribution in [3.63, 3.8) is 0 Å². The Morgan fingerprint density at radius 2 is 2.29 bits per heavy atom. The molecule has 0 unspecified atom stereocenters. The molecule has 0 aliphatic carbocycles. The molecule has 0 saturated heterocycles. The molecule has 1 aromatic carbocycles. The molecule has 0 aliphatic rings. The van der Waals surface area contributed by atoms with Gasteiger partial charge in [-0.2, -0.15) is 17.9 Å². The van der Waals surface area contributed by atoms with Crippen molar-refractivity contribution in [2.75, 3.05) is 11.5 Å². The number of benzene rings is 1.